The maximum atomic E-state index is 12.7. The van der Waals surface area contributed by atoms with E-state index in [2.05, 4.69) is 17.0 Å². The monoisotopic (exact) mass is 378 g/mol. The first-order valence-corrected chi connectivity index (χ1v) is 8.76. The molecule has 0 bridgehead atoms. The Hall–Kier alpha value is -2.54. The normalized spacial score (nSPS) is 15.6. The highest BCUT2D eigenvalue weighted by Crippen LogP contribution is 2.31. The maximum Gasteiger partial charge on any atom is 0.416 e. The van der Waals surface area contributed by atoms with Crippen LogP contribution in [0, 0.1) is 0 Å². The molecule has 0 spiro atoms. The summed E-state index contributed by atoms with van der Waals surface area (Å²) in [6.07, 6.45) is -4.43. The molecule has 0 unspecified atom stereocenters. The number of nitrogens with zero attached hydrogens (tertiary/aromatic N) is 2. The molecule has 1 fully saturated rings. The van der Waals surface area contributed by atoms with Crippen molar-refractivity contribution in [2.45, 2.75) is 12.7 Å². The summed E-state index contributed by atoms with van der Waals surface area (Å²) in [7, 11) is 0. The Bertz CT molecular complexity index is 757. The number of ether oxygens (including phenoxy) is 1. The van der Waals surface area contributed by atoms with Crippen LogP contribution in [-0.4, -0.2) is 48.5 Å². The van der Waals surface area contributed by atoms with Gasteiger partial charge in [0.05, 0.1) is 5.56 Å². The van der Waals surface area contributed by atoms with Crippen molar-refractivity contribution in [1.29, 1.82) is 0 Å². The average Bonchev–Trinajstić information content (AvgIpc) is 2.67. The van der Waals surface area contributed by atoms with Gasteiger partial charge in [-0.1, -0.05) is 36.4 Å². The highest BCUT2D eigenvalue weighted by atomic mass is 19.4. The van der Waals surface area contributed by atoms with Gasteiger partial charge in [-0.15, -0.1) is 0 Å². The Labute approximate surface area is 156 Å². The molecule has 1 heterocycles. The molecule has 1 aliphatic rings. The van der Waals surface area contributed by atoms with Gasteiger partial charge < -0.3 is 9.64 Å². The van der Waals surface area contributed by atoms with Crippen molar-refractivity contribution < 1.29 is 22.7 Å². The van der Waals surface area contributed by atoms with Crippen LogP contribution in [0.2, 0.25) is 0 Å². The van der Waals surface area contributed by atoms with Gasteiger partial charge in [-0.05, 0) is 23.8 Å². The lowest BCUT2D eigenvalue weighted by atomic mass is 10.2. The summed E-state index contributed by atoms with van der Waals surface area (Å²) >= 11 is 0. The number of alkyl halides is 3. The topological polar surface area (TPSA) is 32.8 Å². The molecule has 1 amide bonds. The minimum absolute atomic E-state index is 0.0425. The van der Waals surface area contributed by atoms with Crippen molar-refractivity contribution in [2.75, 3.05) is 32.8 Å². The van der Waals surface area contributed by atoms with E-state index in [1.54, 1.807) is 4.90 Å². The molecule has 0 radical (unpaired) electrons. The Morgan fingerprint density at radius 2 is 1.67 bits per heavy atom. The molecular weight excluding hydrogens is 357 g/mol. The second kappa shape index (κ2) is 8.43. The third-order valence-electron chi connectivity index (χ3n) is 4.50. The third kappa shape index (κ3) is 5.47. The number of amides is 1. The van der Waals surface area contributed by atoms with Crippen molar-refractivity contribution in [3.05, 3.63) is 65.7 Å². The first-order chi connectivity index (χ1) is 12.9. The van der Waals surface area contributed by atoms with Gasteiger partial charge >= 0.3 is 6.18 Å². The molecule has 3 rings (SSSR count). The number of hydrogen-bond donors (Lipinski definition) is 0. The molecule has 7 heteroatoms. The van der Waals surface area contributed by atoms with E-state index in [0.717, 1.165) is 31.8 Å². The molecule has 0 aliphatic carbocycles. The minimum atomic E-state index is -4.43. The molecular formula is C20H21F3N2O2. The number of carbonyl (C=O) groups excluding carboxylic acids is 1. The Kier molecular flexibility index (Phi) is 6.01. The number of piperazine rings is 1. The van der Waals surface area contributed by atoms with Gasteiger partial charge in [0, 0.05) is 32.7 Å². The Balaban J connectivity index is 1.46. The standard InChI is InChI=1S/C20H21F3N2O2/c21-20(22,23)17-7-4-8-18(13-17)27-15-19(26)25-11-9-24(10-12-25)14-16-5-2-1-3-6-16/h1-8,13H,9-12,14-15H2. The van der Waals surface area contributed by atoms with Gasteiger partial charge in [-0.2, -0.15) is 13.2 Å². The van der Waals surface area contributed by atoms with E-state index in [1.807, 2.05) is 18.2 Å². The molecule has 0 N–H and O–H groups in total. The van der Waals surface area contributed by atoms with E-state index in [1.165, 1.54) is 17.7 Å². The molecule has 1 saturated heterocycles. The van der Waals surface area contributed by atoms with Crippen molar-refractivity contribution >= 4 is 5.91 Å². The van der Waals surface area contributed by atoms with E-state index in [4.69, 9.17) is 4.74 Å². The maximum absolute atomic E-state index is 12.7. The smallest absolute Gasteiger partial charge is 0.416 e. The highest BCUT2D eigenvalue weighted by molar-refractivity contribution is 5.77. The summed E-state index contributed by atoms with van der Waals surface area (Å²) in [5.74, 6) is -0.173. The lowest BCUT2D eigenvalue weighted by Gasteiger charge is -2.34. The second-order valence-corrected chi connectivity index (χ2v) is 6.46. The fraction of sp³-hybridized carbons (Fsp3) is 0.350. The van der Waals surface area contributed by atoms with Crippen molar-refractivity contribution in [2.24, 2.45) is 0 Å². The van der Waals surface area contributed by atoms with Gasteiger partial charge in [0.1, 0.15) is 5.75 Å². The van der Waals surface area contributed by atoms with Crippen LogP contribution >= 0.6 is 0 Å². The van der Waals surface area contributed by atoms with E-state index in [-0.39, 0.29) is 18.3 Å². The van der Waals surface area contributed by atoms with Crippen LogP contribution in [0.3, 0.4) is 0 Å². The fourth-order valence-electron chi connectivity index (χ4n) is 3.00. The molecule has 27 heavy (non-hydrogen) atoms. The number of rotatable bonds is 5. The number of hydrogen-bond acceptors (Lipinski definition) is 3. The quantitative estimate of drug-likeness (QED) is 0.799. The fourth-order valence-corrected chi connectivity index (χ4v) is 3.00. The summed E-state index contributed by atoms with van der Waals surface area (Å²) in [6.45, 7) is 3.24. The predicted octanol–water partition coefficient (Wildman–Crippen LogP) is 3.43. The summed E-state index contributed by atoms with van der Waals surface area (Å²) in [5, 5.41) is 0. The molecule has 144 valence electrons. The van der Waals surface area contributed by atoms with Crippen LogP contribution in [0.15, 0.2) is 54.6 Å². The molecule has 0 aromatic heterocycles. The van der Waals surface area contributed by atoms with E-state index >= 15 is 0 Å². The zero-order valence-electron chi connectivity index (χ0n) is 14.8. The van der Waals surface area contributed by atoms with Gasteiger partial charge in [0.15, 0.2) is 6.61 Å². The van der Waals surface area contributed by atoms with Gasteiger partial charge in [0.2, 0.25) is 0 Å². The van der Waals surface area contributed by atoms with Gasteiger partial charge in [-0.25, -0.2) is 0 Å². The Morgan fingerprint density at radius 1 is 0.963 bits per heavy atom. The summed E-state index contributed by atoms with van der Waals surface area (Å²) in [5.41, 5.74) is 0.437. The second-order valence-electron chi connectivity index (χ2n) is 6.46. The van der Waals surface area contributed by atoms with Gasteiger partial charge in [-0.3, -0.25) is 9.69 Å². The van der Waals surface area contributed by atoms with Crippen LogP contribution in [0.4, 0.5) is 13.2 Å². The molecule has 2 aromatic carbocycles. The first-order valence-electron chi connectivity index (χ1n) is 8.76. The first kappa shape index (κ1) is 19.2. The van der Waals surface area contributed by atoms with Crippen LogP contribution in [0.1, 0.15) is 11.1 Å². The lowest BCUT2D eigenvalue weighted by Crippen LogP contribution is -2.49. The number of carbonyl (C=O) groups is 1. The summed E-state index contributed by atoms with van der Waals surface area (Å²) in [6, 6.07) is 14.7. The van der Waals surface area contributed by atoms with Crippen LogP contribution < -0.4 is 4.74 Å². The summed E-state index contributed by atoms with van der Waals surface area (Å²) < 4.78 is 43.4. The SMILES string of the molecule is O=C(COc1cccc(C(F)(F)F)c1)N1CCN(Cc2ccccc2)CC1. The number of halogens is 3. The minimum Gasteiger partial charge on any atom is -0.484 e. The molecule has 0 atom stereocenters. The van der Waals surface area contributed by atoms with Crippen molar-refractivity contribution in [3.63, 3.8) is 0 Å². The largest absolute Gasteiger partial charge is 0.484 e. The zero-order chi connectivity index (χ0) is 19.3. The van der Waals surface area contributed by atoms with Crippen molar-refractivity contribution in [1.82, 2.24) is 9.80 Å². The zero-order valence-corrected chi connectivity index (χ0v) is 14.8. The van der Waals surface area contributed by atoms with Crippen molar-refractivity contribution in [3.8, 4) is 5.75 Å². The third-order valence-corrected chi connectivity index (χ3v) is 4.50. The molecule has 4 nitrogen and oxygen atoms in total. The average molecular weight is 378 g/mol. The molecule has 1 aliphatic heterocycles. The molecule has 2 aromatic rings. The Morgan fingerprint density at radius 3 is 2.33 bits per heavy atom. The molecule has 0 saturated carbocycles. The van der Waals surface area contributed by atoms with Crippen LogP contribution in [0.5, 0.6) is 5.75 Å². The lowest BCUT2D eigenvalue weighted by molar-refractivity contribution is -0.137. The summed E-state index contributed by atoms with van der Waals surface area (Å²) in [4.78, 5) is 16.2. The predicted molar refractivity (Wildman–Crippen MR) is 95.2 cm³/mol. The highest BCUT2D eigenvalue weighted by Gasteiger charge is 2.30. The van der Waals surface area contributed by atoms with Crippen LogP contribution in [-0.2, 0) is 17.5 Å². The van der Waals surface area contributed by atoms with Gasteiger partial charge in [0.25, 0.3) is 5.91 Å². The van der Waals surface area contributed by atoms with E-state index in [9.17, 15) is 18.0 Å². The van der Waals surface area contributed by atoms with E-state index < -0.39 is 11.7 Å². The number of benzene rings is 2. The van der Waals surface area contributed by atoms with E-state index in [0.29, 0.717) is 13.1 Å². The van der Waals surface area contributed by atoms with Crippen LogP contribution in [0.25, 0.3) is 0 Å².